The van der Waals surface area contributed by atoms with Gasteiger partial charge < -0.3 is 10.1 Å². The van der Waals surface area contributed by atoms with E-state index in [1.54, 1.807) is 18.4 Å². The molecule has 3 nitrogen and oxygen atoms in total. The first-order chi connectivity index (χ1) is 11.7. The number of methoxy groups -OCH3 is 1. The molecular weight excluding hydrogens is 384 g/mol. The molecule has 124 valence electrons. The molecule has 0 saturated carbocycles. The molecule has 0 saturated heterocycles. The van der Waals surface area contributed by atoms with Crippen molar-refractivity contribution in [1.82, 2.24) is 4.98 Å². The molecule has 0 radical (unpaired) electrons. The van der Waals surface area contributed by atoms with E-state index in [2.05, 4.69) is 40.3 Å². The van der Waals surface area contributed by atoms with Crippen LogP contribution < -0.4 is 10.1 Å². The van der Waals surface area contributed by atoms with E-state index in [0.717, 1.165) is 45.1 Å². The maximum absolute atomic E-state index is 5.24. The third-order valence-corrected chi connectivity index (χ3v) is 5.14. The lowest BCUT2D eigenvalue weighted by molar-refractivity contribution is 0.415. The minimum Gasteiger partial charge on any atom is -0.497 e. The lowest BCUT2D eigenvalue weighted by atomic mass is 10.1. The number of rotatable bonds is 6. The normalized spacial score (nSPS) is 10.6. The zero-order valence-corrected chi connectivity index (χ0v) is 16.1. The van der Waals surface area contributed by atoms with Gasteiger partial charge in [0.25, 0.3) is 0 Å². The van der Waals surface area contributed by atoms with Crippen molar-refractivity contribution in [3.05, 3.63) is 57.9 Å². The molecule has 0 aliphatic carbocycles. The van der Waals surface area contributed by atoms with Crippen molar-refractivity contribution in [2.24, 2.45) is 0 Å². The van der Waals surface area contributed by atoms with Crippen molar-refractivity contribution in [2.75, 3.05) is 12.4 Å². The summed E-state index contributed by atoms with van der Waals surface area (Å²) in [6.07, 6.45) is 2.13. The second kappa shape index (κ2) is 7.81. The first-order valence-corrected chi connectivity index (χ1v) is 9.47. The number of aryl methyl sites for hydroxylation is 1. The van der Waals surface area contributed by atoms with Gasteiger partial charge in [-0.1, -0.05) is 35.3 Å². The van der Waals surface area contributed by atoms with Gasteiger partial charge in [0, 0.05) is 20.6 Å². The number of halogens is 1. The zero-order chi connectivity index (χ0) is 16.9. The number of anilines is 2. The summed E-state index contributed by atoms with van der Waals surface area (Å²) in [5, 5.41) is 4.33. The number of aromatic nitrogens is 1. The lowest BCUT2D eigenvalue weighted by Crippen LogP contribution is -1.90. The first-order valence-electron chi connectivity index (χ1n) is 7.86. The largest absolute Gasteiger partial charge is 0.497 e. The minimum absolute atomic E-state index is 0.860. The Labute approximate surface area is 154 Å². The Morgan fingerprint density at radius 3 is 2.62 bits per heavy atom. The fourth-order valence-corrected chi connectivity index (χ4v) is 3.97. The maximum atomic E-state index is 5.24. The van der Waals surface area contributed by atoms with E-state index in [1.165, 1.54) is 4.88 Å². The van der Waals surface area contributed by atoms with Gasteiger partial charge in [-0.15, -0.1) is 11.3 Å². The Kier molecular flexibility index (Phi) is 5.53. The number of hydrogen-bond donors (Lipinski definition) is 1. The van der Waals surface area contributed by atoms with Gasteiger partial charge in [0.15, 0.2) is 5.13 Å². The Morgan fingerprint density at radius 1 is 1.17 bits per heavy atom. The van der Waals surface area contributed by atoms with Crippen LogP contribution in [0.1, 0.15) is 18.2 Å². The molecule has 1 aromatic heterocycles. The Morgan fingerprint density at radius 2 is 1.96 bits per heavy atom. The highest BCUT2D eigenvalue weighted by Crippen LogP contribution is 2.34. The van der Waals surface area contributed by atoms with Gasteiger partial charge in [0.2, 0.25) is 0 Å². The van der Waals surface area contributed by atoms with Gasteiger partial charge in [0.05, 0.1) is 12.8 Å². The number of thiazole rings is 1. The molecular formula is C19H19BrN2OS. The second-order valence-electron chi connectivity index (χ2n) is 5.40. The number of nitrogens with zero attached hydrogens (tertiary/aromatic N) is 1. The van der Waals surface area contributed by atoms with E-state index in [9.17, 15) is 0 Å². The first kappa shape index (κ1) is 17.0. The van der Waals surface area contributed by atoms with E-state index < -0.39 is 0 Å². The van der Waals surface area contributed by atoms with E-state index in [-0.39, 0.29) is 0 Å². The van der Waals surface area contributed by atoms with Crippen molar-refractivity contribution >= 4 is 38.1 Å². The molecule has 0 aliphatic rings. The molecule has 24 heavy (non-hydrogen) atoms. The highest BCUT2D eigenvalue weighted by Gasteiger charge is 2.13. The summed E-state index contributed by atoms with van der Waals surface area (Å²) in [6.45, 7) is 2.19. The molecule has 1 heterocycles. The van der Waals surface area contributed by atoms with Crippen LogP contribution in [0.3, 0.4) is 0 Å². The average Bonchev–Trinajstić information content (AvgIpc) is 2.98. The molecule has 2 aromatic carbocycles. The lowest BCUT2D eigenvalue weighted by Gasteiger charge is -2.03. The smallest absolute Gasteiger partial charge is 0.187 e. The predicted molar refractivity (Wildman–Crippen MR) is 106 cm³/mol. The fraction of sp³-hybridized carbons (Fsp3) is 0.211. The van der Waals surface area contributed by atoms with E-state index >= 15 is 0 Å². The summed E-state index contributed by atoms with van der Waals surface area (Å²) in [5.41, 5.74) is 3.21. The van der Waals surface area contributed by atoms with Gasteiger partial charge >= 0.3 is 0 Å². The monoisotopic (exact) mass is 402 g/mol. The van der Waals surface area contributed by atoms with E-state index in [1.807, 2.05) is 36.4 Å². The van der Waals surface area contributed by atoms with Crippen LogP contribution in [0.4, 0.5) is 10.8 Å². The molecule has 3 aromatic rings. The second-order valence-corrected chi connectivity index (χ2v) is 7.40. The predicted octanol–water partition coefficient (Wildman–Crippen LogP) is 6.28. The highest BCUT2D eigenvalue weighted by molar-refractivity contribution is 9.10. The maximum Gasteiger partial charge on any atom is 0.187 e. The summed E-state index contributed by atoms with van der Waals surface area (Å²) in [6, 6.07) is 16.2. The van der Waals surface area contributed by atoms with Crippen LogP contribution in [0.5, 0.6) is 5.75 Å². The van der Waals surface area contributed by atoms with E-state index in [4.69, 9.17) is 9.72 Å². The highest BCUT2D eigenvalue weighted by atomic mass is 79.9. The summed E-state index contributed by atoms with van der Waals surface area (Å²) in [7, 11) is 1.68. The van der Waals surface area contributed by atoms with Crippen LogP contribution in [0.2, 0.25) is 0 Å². The van der Waals surface area contributed by atoms with Crippen molar-refractivity contribution < 1.29 is 4.74 Å². The molecule has 0 amide bonds. The average molecular weight is 403 g/mol. The van der Waals surface area contributed by atoms with Crippen LogP contribution in [0.15, 0.2) is 53.0 Å². The number of benzene rings is 2. The molecule has 1 N–H and O–H groups in total. The Balaban J connectivity index is 1.91. The summed E-state index contributed by atoms with van der Waals surface area (Å²) < 4.78 is 6.29. The minimum atomic E-state index is 0.860. The topological polar surface area (TPSA) is 34.2 Å². The van der Waals surface area contributed by atoms with Crippen LogP contribution >= 0.6 is 27.3 Å². The molecule has 0 bridgehead atoms. The van der Waals surface area contributed by atoms with Crippen LogP contribution in [-0.4, -0.2) is 12.1 Å². The van der Waals surface area contributed by atoms with Crippen molar-refractivity contribution in [1.29, 1.82) is 0 Å². The Hall–Kier alpha value is -1.85. The van der Waals surface area contributed by atoms with Gasteiger partial charge in [-0.25, -0.2) is 4.98 Å². The van der Waals surface area contributed by atoms with Crippen molar-refractivity contribution in [2.45, 2.75) is 19.8 Å². The number of ether oxygens (including phenoxy) is 1. The third kappa shape index (κ3) is 3.97. The third-order valence-electron chi connectivity index (χ3n) is 3.61. The zero-order valence-electron chi connectivity index (χ0n) is 13.7. The summed E-state index contributed by atoms with van der Waals surface area (Å²) in [5.74, 6) is 0.860. The number of hydrogen-bond acceptors (Lipinski definition) is 4. The Bertz CT molecular complexity index is 814. The van der Waals surface area contributed by atoms with Gasteiger partial charge in [-0.05, 0) is 48.9 Å². The van der Waals surface area contributed by atoms with Gasteiger partial charge in [-0.3, -0.25) is 0 Å². The van der Waals surface area contributed by atoms with Crippen LogP contribution in [-0.2, 0) is 6.42 Å². The molecule has 0 fully saturated rings. The molecule has 0 unspecified atom stereocenters. The number of nitrogens with one attached hydrogen (secondary N) is 1. The molecule has 0 aliphatic heterocycles. The van der Waals surface area contributed by atoms with Crippen molar-refractivity contribution in [3.63, 3.8) is 0 Å². The van der Waals surface area contributed by atoms with Crippen LogP contribution in [0.25, 0.3) is 11.3 Å². The standard InChI is InChI=1S/C19H19BrN2OS/c1-3-5-17-18(13-8-10-16(23-2)11-9-13)22-19(24-17)21-15-7-4-6-14(20)12-15/h4,6-12H,3,5H2,1-2H3,(H,21,22). The van der Waals surface area contributed by atoms with Gasteiger partial charge in [-0.2, -0.15) is 0 Å². The van der Waals surface area contributed by atoms with Crippen molar-refractivity contribution in [3.8, 4) is 17.0 Å². The molecule has 3 rings (SSSR count). The van der Waals surface area contributed by atoms with E-state index in [0.29, 0.717) is 0 Å². The molecule has 0 spiro atoms. The molecule has 5 heteroatoms. The summed E-state index contributed by atoms with van der Waals surface area (Å²) in [4.78, 5) is 6.14. The van der Waals surface area contributed by atoms with Crippen LogP contribution in [0, 0.1) is 0 Å². The van der Waals surface area contributed by atoms with Gasteiger partial charge in [0.1, 0.15) is 5.75 Å². The quantitative estimate of drug-likeness (QED) is 0.526. The fourth-order valence-electron chi connectivity index (χ4n) is 2.47. The molecule has 0 atom stereocenters. The summed E-state index contributed by atoms with van der Waals surface area (Å²) >= 11 is 5.22. The SMILES string of the molecule is CCCc1sc(Nc2cccc(Br)c2)nc1-c1ccc(OC)cc1.